The van der Waals surface area contributed by atoms with Crippen LogP contribution in [0.2, 0.25) is 0 Å². The third kappa shape index (κ3) is 17.6. The largest absolute Gasteiger partial charge is 0.469 e. The number of phosphoric ester groups is 1. The topological polar surface area (TPSA) is 630 Å². The molecule has 41 heteroatoms. The van der Waals surface area contributed by atoms with Gasteiger partial charge >= 0.3 is 7.82 Å². The highest BCUT2D eigenvalue weighted by molar-refractivity contribution is 7.46. The van der Waals surface area contributed by atoms with Crippen LogP contribution in [0.1, 0.15) is 41.5 Å². The van der Waals surface area contributed by atoms with E-state index in [9.17, 15) is 121 Å². The molecule has 7 aliphatic heterocycles. The minimum Gasteiger partial charge on any atom is -0.394 e. The summed E-state index contributed by atoms with van der Waals surface area (Å²) in [4.78, 5) is 31.5. The molecule has 7 aliphatic rings. The summed E-state index contributed by atoms with van der Waals surface area (Å²) in [6.45, 7) is 2.82. The van der Waals surface area contributed by atoms with Crippen LogP contribution in [0.15, 0.2) is 0 Å². The van der Waals surface area contributed by atoms with Crippen molar-refractivity contribution in [3.05, 3.63) is 0 Å². The molecular formula is C50H88NO39P. The number of hydrogen-bond acceptors (Lipinski definition) is 37. The van der Waals surface area contributed by atoms with Gasteiger partial charge in [-0.25, -0.2) is 4.57 Å². The van der Waals surface area contributed by atoms with Crippen LogP contribution in [0.4, 0.5) is 0 Å². The van der Waals surface area contributed by atoms with E-state index in [4.69, 9.17) is 66.3 Å². The number of ether oxygens (including phenoxy) is 14. The molecule has 532 valence electrons. The summed E-state index contributed by atoms with van der Waals surface area (Å²) >= 11 is 0. The van der Waals surface area contributed by atoms with Gasteiger partial charge in [0.25, 0.3) is 0 Å². The van der Waals surface area contributed by atoms with Crippen molar-refractivity contribution in [2.45, 2.75) is 281 Å². The molecule has 91 heavy (non-hydrogen) atoms. The van der Waals surface area contributed by atoms with Gasteiger partial charge in [0.2, 0.25) is 5.91 Å². The van der Waals surface area contributed by atoms with Crippen LogP contribution < -0.4 is 5.32 Å². The maximum atomic E-state index is 13.0. The van der Waals surface area contributed by atoms with Crippen LogP contribution in [0.5, 0.6) is 0 Å². The number of aliphatic hydroxyl groups excluding tert-OH is 20. The van der Waals surface area contributed by atoms with Gasteiger partial charge < -0.3 is 184 Å². The van der Waals surface area contributed by atoms with Crippen molar-refractivity contribution in [1.82, 2.24) is 5.32 Å². The minimum atomic E-state index is -5.30. The number of carbonyl (C=O) groups is 1. The fourth-order valence-electron chi connectivity index (χ4n) is 11.3. The Hall–Kier alpha value is -1.78. The molecule has 0 aromatic heterocycles. The Morgan fingerprint density at radius 1 is 0.418 bits per heavy atom. The SMILES string of the molecule is CC(=O)N[C@H]1[C@H](O[C@@H]2[C@@H](O)[C@@H](O[C@@H]3O[C@@H](C)[C@H](O)[C@@H](O)[C@H]3O)[C@H](O[C@H]3[C@H](OC[C@H](O)[C@@H](O[C@@H]4O[C@@H](C)[C@H](O)[C@@H](O)[C@H]4O)[C@H](O)[C@H](O)COP(=O)(O)O)O[C@@H](C)[C@H](O)[C@H]3O)O[C@H]2C)O[C@H](CO)[C@@H](O)[C@@H]1O[C@H]1O[C@H](CO)[C@H](O)[C@H](O[C@@H]2O[C@@H](C)[C@H](O)[C@@H](O)[C@H]2O)[C@H]1O. The summed E-state index contributed by atoms with van der Waals surface area (Å²) < 4.78 is 97.8. The normalized spacial score (nSPS) is 49.1. The lowest BCUT2D eigenvalue weighted by atomic mass is 9.94. The summed E-state index contributed by atoms with van der Waals surface area (Å²) in [5.41, 5.74) is 0. The van der Waals surface area contributed by atoms with Gasteiger partial charge in [-0.05, 0) is 34.6 Å². The summed E-state index contributed by atoms with van der Waals surface area (Å²) in [6.07, 6.45) is -72.6. The molecule has 0 unspecified atom stereocenters. The molecular weight excluding hydrogens is 1270 g/mol. The second-order valence-electron chi connectivity index (χ2n) is 23.4. The van der Waals surface area contributed by atoms with Gasteiger partial charge in [0.1, 0.15) is 165 Å². The predicted molar refractivity (Wildman–Crippen MR) is 282 cm³/mol. The molecule has 23 N–H and O–H groups in total. The van der Waals surface area contributed by atoms with E-state index in [0.717, 1.165) is 6.92 Å². The first-order valence-corrected chi connectivity index (χ1v) is 30.6. The average molecular weight is 1360 g/mol. The van der Waals surface area contributed by atoms with E-state index in [-0.39, 0.29) is 0 Å². The van der Waals surface area contributed by atoms with E-state index in [1.807, 2.05) is 0 Å². The monoisotopic (exact) mass is 1360 g/mol. The van der Waals surface area contributed by atoms with Crippen molar-refractivity contribution >= 4 is 13.7 Å². The molecule has 7 rings (SSSR count). The number of phosphoric acid groups is 1. The Morgan fingerprint density at radius 2 is 0.813 bits per heavy atom. The zero-order chi connectivity index (χ0) is 67.7. The summed E-state index contributed by atoms with van der Waals surface area (Å²) in [5.74, 6) is -0.883. The van der Waals surface area contributed by atoms with E-state index in [2.05, 4.69) is 9.84 Å². The van der Waals surface area contributed by atoms with Crippen molar-refractivity contribution in [1.29, 1.82) is 0 Å². The zero-order valence-corrected chi connectivity index (χ0v) is 50.5. The number of rotatable bonds is 24. The molecule has 7 saturated heterocycles. The highest BCUT2D eigenvalue weighted by Crippen LogP contribution is 2.40. The molecule has 0 spiro atoms. The molecule has 7 fully saturated rings. The van der Waals surface area contributed by atoms with Gasteiger partial charge in [0, 0.05) is 6.92 Å². The molecule has 40 nitrogen and oxygen atoms in total. The smallest absolute Gasteiger partial charge is 0.394 e. The molecule has 0 saturated carbocycles. The van der Waals surface area contributed by atoms with E-state index >= 15 is 0 Å². The lowest BCUT2D eigenvalue weighted by molar-refractivity contribution is -0.402. The lowest BCUT2D eigenvalue weighted by Crippen LogP contribution is -2.70. The minimum absolute atomic E-state index is 0.883. The van der Waals surface area contributed by atoms with Crippen molar-refractivity contribution in [3.63, 3.8) is 0 Å². The van der Waals surface area contributed by atoms with Gasteiger partial charge in [-0.3, -0.25) is 9.32 Å². The first-order valence-electron chi connectivity index (χ1n) is 29.1. The average Bonchev–Trinajstić information content (AvgIpc) is 0.824. The fraction of sp³-hybridized carbons (Fsp3) is 0.980. The van der Waals surface area contributed by atoms with Crippen LogP contribution in [0, 0.1) is 0 Å². The van der Waals surface area contributed by atoms with Gasteiger partial charge in [-0.15, -0.1) is 0 Å². The van der Waals surface area contributed by atoms with Gasteiger partial charge in [0.15, 0.2) is 44.0 Å². The predicted octanol–water partition coefficient (Wildman–Crippen LogP) is -13.4. The Labute approximate surface area is 517 Å². The number of nitrogens with one attached hydrogen (secondary N) is 1. The third-order valence-electron chi connectivity index (χ3n) is 16.7. The van der Waals surface area contributed by atoms with E-state index < -0.39 is 279 Å². The number of aliphatic hydroxyl groups is 20. The van der Waals surface area contributed by atoms with E-state index in [1.165, 1.54) is 34.6 Å². The molecule has 0 aromatic rings. The first-order chi connectivity index (χ1) is 42.5. The molecule has 7 heterocycles. The van der Waals surface area contributed by atoms with E-state index in [0.29, 0.717) is 0 Å². The Balaban J connectivity index is 1.16. The summed E-state index contributed by atoms with van der Waals surface area (Å²) in [5, 5.41) is 222. The summed E-state index contributed by atoms with van der Waals surface area (Å²) in [6, 6.07) is -1.81. The molecule has 0 aliphatic carbocycles. The number of carbonyl (C=O) groups excluding carboxylic acids is 1. The molecule has 0 radical (unpaired) electrons. The van der Waals surface area contributed by atoms with Crippen LogP contribution in [0.3, 0.4) is 0 Å². The van der Waals surface area contributed by atoms with Crippen molar-refractivity contribution < 1.29 is 192 Å². The Morgan fingerprint density at radius 3 is 1.32 bits per heavy atom. The molecule has 1 amide bonds. The highest BCUT2D eigenvalue weighted by Gasteiger charge is 2.59. The number of amides is 1. The quantitative estimate of drug-likeness (QED) is 0.0399. The maximum absolute atomic E-state index is 13.0. The first kappa shape index (κ1) is 76.6. The van der Waals surface area contributed by atoms with Gasteiger partial charge in [0.05, 0.1) is 56.9 Å². The van der Waals surface area contributed by atoms with Crippen LogP contribution in [0.25, 0.3) is 0 Å². The zero-order valence-electron chi connectivity index (χ0n) is 49.6. The second kappa shape index (κ2) is 32.3. The fourth-order valence-corrected chi connectivity index (χ4v) is 11.6. The maximum Gasteiger partial charge on any atom is 0.469 e. The Bertz CT molecular complexity index is 2310. The van der Waals surface area contributed by atoms with E-state index in [1.54, 1.807) is 0 Å². The van der Waals surface area contributed by atoms with Gasteiger partial charge in [-0.1, -0.05) is 0 Å². The molecule has 0 aromatic carbocycles. The summed E-state index contributed by atoms with van der Waals surface area (Å²) in [7, 11) is -5.30. The van der Waals surface area contributed by atoms with Crippen LogP contribution in [-0.4, -0.2) is 384 Å². The van der Waals surface area contributed by atoms with Crippen molar-refractivity contribution in [2.75, 3.05) is 26.4 Å². The molecule has 0 bridgehead atoms. The highest BCUT2D eigenvalue weighted by atomic mass is 31.2. The second-order valence-corrected chi connectivity index (χ2v) is 24.7. The Kier molecular flexibility index (Phi) is 27.2. The van der Waals surface area contributed by atoms with Crippen molar-refractivity contribution in [2.24, 2.45) is 0 Å². The van der Waals surface area contributed by atoms with Crippen LogP contribution >= 0.6 is 7.82 Å². The number of hydrogen-bond donors (Lipinski definition) is 23. The van der Waals surface area contributed by atoms with Crippen molar-refractivity contribution in [3.8, 4) is 0 Å². The molecule has 39 atom stereocenters. The third-order valence-corrected chi connectivity index (χ3v) is 17.2. The van der Waals surface area contributed by atoms with Crippen LogP contribution in [-0.2, 0) is 80.2 Å². The lowest BCUT2D eigenvalue weighted by Gasteiger charge is -2.51. The van der Waals surface area contributed by atoms with Gasteiger partial charge in [-0.2, -0.15) is 0 Å². The standard InChI is InChI=1S/C50H88NO39P/c1-11-22(57)29(64)33(68)45(78-11)86-39(26(61)17(55)10-77-91(73,74)75)18(56)9-76-49-42(32(67)25(60)14(4)81-49)90-50-43(89-47-35(70)31(66)24(59)13(3)80-47)36(71)38(15(5)82-50)85-44-21(51-16(6)54)40(27(62)19(7-52)83-44)87-48-37(72)41(28(63)20(8-53)84-48)88-46-34(69)30(65)23(58)12(2)79-46/h11-15,17-50,52-53,55-72H,7-10H2,1-6H3,(H,51,54)(H2,73,74,75)/t11-,12-,13-,14-,15-,17+,18-,19+,20+,21+,22-,23-,24-,25-,26+,27+,28-,29+,30+,31+,32+,33+,34+,35+,36+,37+,38-,39+,40+,41-,42+,43+,44-,45-,46-,47-,48+,49+,50-/m0/s1.